The first-order valence-electron chi connectivity index (χ1n) is 6.08. The highest BCUT2D eigenvalue weighted by Gasteiger charge is 2.08. The number of carbonyl (C=O) groups excluding carboxylic acids is 1. The summed E-state index contributed by atoms with van der Waals surface area (Å²) in [7, 11) is 1.65. The zero-order valence-corrected chi connectivity index (χ0v) is 11.7. The Kier molecular flexibility index (Phi) is 4.27. The summed E-state index contributed by atoms with van der Waals surface area (Å²) in [6, 6.07) is 12.0. The molecule has 1 unspecified atom stereocenters. The number of rotatable bonds is 4. The molecule has 4 heteroatoms. The normalized spacial score (nSPS) is 12.2. The van der Waals surface area contributed by atoms with Gasteiger partial charge in [-0.3, -0.25) is 4.79 Å². The highest BCUT2D eigenvalue weighted by atomic mass is 35.5. The molecule has 0 bridgehead atoms. The summed E-state index contributed by atoms with van der Waals surface area (Å²) in [4.78, 5) is 11.4. The van der Waals surface area contributed by atoms with E-state index in [1.807, 2.05) is 36.4 Å². The molecule has 2 aromatic carbocycles. The third-order valence-corrected chi connectivity index (χ3v) is 3.14. The molecule has 0 heterocycles. The Morgan fingerprint density at radius 2 is 1.95 bits per heavy atom. The number of hydrogen-bond acceptors (Lipinski definition) is 2. The molecule has 2 rings (SSSR count). The summed E-state index contributed by atoms with van der Waals surface area (Å²) in [6.45, 7) is 2.14. The van der Waals surface area contributed by atoms with Gasteiger partial charge in [0.25, 0.3) is 0 Å². The lowest BCUT2D eigenvalue weighted by Crippen LogP contribution is -2.28. The number of halogens is 1. The van der Waals surface area contributed by atoms with E-state index in [4.69, 9.17) is 16.3 Å². The minimum absolute atomic E-state index is 0.156. The van der Waals surface area contributed by atoms with Crippen LogP contribution in [-0.4, -0.2) is 18.4 Å². The van der Waals surface area contributed by atoms with Crippen molar-refractivity contribution in [2.24, 2.45) is 0 Å². The van der Waals surface area contributed by atoms with Gasteiger partial charge in [-0.1, -0.05) is 18.2 Å². The fourth-order valence-electron chi connectivity index (χ4n) is 1.84. The van der Waals surface area contributed by atoms with E-state index in [9.17, 15) is 4.79 Å². The summed E-state index contributed by atoms with van der Waals surface area (Å²) in [5.41, 5.74) is 1.04. The van der Waals surface area contributed by atoms with E-state index < -0.39 is 5.38 Å². The average molecular weight is 278 g/mol. The van der Waals surface area contributed by atoms with E-state index in [0.717, 1.165) is 22.1 Å². The molecule has 0 aliphatic heterocycles. The molecule has 0 saturated heterocycles. The van der Waals surface area contributed by atoms with E-state index in [1.54, 1.807) is 14.0 Å². The molecule has 1 atom stereocenters. The molecule has 0 aliphatic carbocycles. The van der Waals surface area contributed by atoms with E-state index in [0.29, 0.717) is 6.54 Å². The van der Waals surface area contributed by atoms with Gasteiger partial charge in [0.05, 0.1) is 7.11 Å². The predicted octanol–water partition coefficient (Wildman–Crippen LogP) is 3.09. The van der Waals surface area contributed by atoms with Gasteiger partial charge in [-0.2, -0.15) is 0 Å². The van der Waals surface area contributed by atoms with Crippen LogP contribution < -0.4 is 10.1 Å². The monoisotopic (exact) mass is 277 g/mol. The van der Waals surface area contributed by atoms with Gasteiger partial charge in [-0.15, -0.1) is 11.6 Å². The SMILES string of the molecule is COc1ccc2cc(CNC(=O)C(C)Cl)ccc2c1. The fraction of sp³-hybridized carbons (Fsp3) is 0.267. The molecule has 0 spiro atoms. The van der Waals surface area contributed by atoms with Crippen molar-refractivity contribution in [1.82, 2.24) is 5.32 Å². The number of amides is 1. The van der Waals surface area contributed by atoms with Crippen LogP contribution in [0, 0.1) is 0 Å². The number of alkyl halides is 1. The minimum Gasteiger partial charge on any atom is -0.497 e. The molecule has 0 aromatic heterocycles. The second kappa shape index (κ2) is 5.93. The van der Waals surface area contributed by atoms with Crippen LogP contribution >= 0.6 is 11.6 Å². The van der Waals surface area contributed by atoms with Crippen LogP contribution in [-0.2, 0) is 11.3 Å². The van der Waals surface area contributed by atoms with Crippen LogP contribution in [0.3, 0.4) is 0 Å². The number of fused-ring (bicyclic) bond motifs is 1. The number of methoxy groups -OCH3 is 1. The third-order valence-electron chi connectivity index (χ3n) is 2.94. The molecule has 0 fully saturated rings. The molecule has 3 nitrogen and oxygen atoms in total. The summed E-state index contributed by atoms with van der Waals surface area (Å²) in [5, 5.41) is 4.51. The molecule has 100 valence electrons. The minimum atomic E-state index is -0.510. The zero-order chi connectivity index (χ0) is 13.8. The Bertz CT molecular complexity index is 596. The Labute approximate surface area is 117 Å². The largest absolute Gasteiger partial charge is 0.497 e. The standard InChI is InChI=1S/C15H16ClNO2/c1-10(16)15(18)17-9-11-3-4-13-8-14(19-2)6-5-12(13)7-11/h3-8,10H,9H2,1-2H3,(H,17,18). The van der Waals surface area contributed by atoms with Gasteiger partial charge in [0.2, 0.25) is 5.91 Å². The molecular weight excluding hydrogens is 262 g/mol. The van der Waals surface area contributed by atoms with Crippen LogP contribution in [0.15, 0.2) is 36.4 Å². The molecular formula is C15H16ClNO2. The lowest BCUT2D eigenvalue weighted by atomic mass is 10.1. The highest BCUT2D eigenvalue weighted by Crippen LogP contribution is 2.21. The lowest BCUT2D eigenvalue weighted by molar-refractivity contribution is -0.120. The van der Waals surface area contributed by atoms with Gasteiger partial charge in [0, 0.05) is 6.54 Å². The smallest absolute Gasteiger partial charge is 0.238 e. The molecule has 0 aliphatic rings. The van der Waals surface area contributed by atoms with Crippen molar-refractivity contribution in [3.8, 4) is 5.75 Å². The zero-order valence-electron chi connectivity index (χ0n) is 10.9. The highest BCUT2D eigenvalue weighted by molar-refractivity contribution is 6.30. The molecule has 2 aromatic rings. The Morgan fingerprint density at radius 3 is 2.63 bits per heavy atom. The van der Waals surface area contributed by atoms with E-state index in [1.165, 1.54) is 0 Å². The van der Waals surface area contributed by atoms with Gasteiger partial charge in [0.1, 0.15) is 11.1 Å². The van der Waals surface area contributed by atoms with E-state index >= 15 is 0 Å². The summed E-state index contributed by atoms with van der Waals surface area (Å²) in [5.74, 6) is 0.681. The summed E-state index contributed by atoms with van der Waals surface area (Å²) < 4.78 is 5.19. The van der Waals surface area contributed by atoms with Crippen LogP contribution in [0.5, 0.6) is 5.75 Å². The summed E-state index contributed by atoms with van der Waals surface area (Å²) >= 11 is 5.70. The van der Waals surface area contributed by atoms with Crippen molar-refractivity contribution in [3.63, 3.8) is 0 Å². The first-order valence-corrected chi connectivity index (χ1v) is 6.52. The van der Waals surface area contributed by atoms with Crippen molar-refractivity contribution in [3.05, 3.63) is 42.0 Å². The van der Waals surface area contributed by atoms with Crippen molar-refractivity contribution in [2.45, 2.75) is 18.8 Å². The third kappa shape index (κ3) is 3.38. The second-order valence-corrected chi connectivity index (χ2v) is 5.04. The Balaban J connectivity index is 2.15. The number of hydrogen-bond donors (Lipinski definition) is 1. The average Bonchev–Trinajstić information content (AvgIpc) is 2.43. The van der Waals surface area contributed by atoms with Crippen molar-refractivity contribution in [1.29, 1.82) is 0 Å². The Morgan fingerprint density at radius 1 is 1.26 bits per heavy atom. The van der Waals surface area contributed by atoms with Crippen LogP contribution in [0.2, 0.25) is 0 Å². The maximum Gasteiger partial charge on any atom is 0.238 e. The Hall–Kier alpha value is -1.74. The van der Waals surface area contributed by atoms with Crippen LogP contribution in [0.25, 0.3) is 10.8 Å². The van der Waals surface area contributed by atoms with Gasteiger partial charge >= 0.3 is 0 Å². The topological polar surface area (TPSA) is 38.3 Å². The van der Waals surface area contributed by atoms with Crippen LogP contribution in [0.4, 0.5) is 0 Å². The van der Waals surface area contributed by atoms with E-state index in [2.05, 4.69) is 5.32 Å². The molecule has 0 radical (unpaired) electrons. The van der Waals surface area contributed by atoms with Gasteiger partial charge in [0.15, 0.2) is 0 Å². The van der Waals surface area contributed by atoms with Crippen molar-refractivity contribution in [2.75, 3.05) is 7.11 Å². The maximum absolute atomic E-state index is 11.4. The molecule has 1 N–H and O–H groups in total. The van der Waals surface area contributed by atoms with Crippen molar-refractivity contribution < 1.29 is 9.53 Å². The molecule has 1 amide bonds. The number of nitrogens with one attached hydrogen (secondary N) is 1. The first-order chi connectivity index (χ1) is 9.10. The fourth-order valence-corrected chi connectivity index (χ4v) is 1.92. The lowest BCUT2D eigenvalue weighted by Gasteiger charge is -2.08. The van der Waals surface area contributed by atoms with Crippen molar-refractivity contribution >= 4 is 28.3 Å². The quantitative estimate of drug-likeness (QED) is 0.872. The summed E-state index contributed by atoms with van der Waals surface area (Å²) in [6.07, 6.45) is 0. The van der Waals surface area contributed by atoms with Gasteiger partial charge in [-0.25, -0.2) is 0 Å². The van der Waals surface area contributed by atoms with Gasteiger partial charge < -0.3 is 10.1 Å². The van der Waals surface area contributed by atoms with E-state index in [-0.39, 0.29) is 5.91 Å². The maximum atomic E-state index is 11.4. The predicted molar refractivity (Wildman–Crippen MR) is 77.7 cm³/mol. The molecule has 0 saturated carbocycles. The first kappa shape index (κ1) is 13.7. The number of ether oxygens (including phenoxy) is 1. The van der Waals surface area contributed by atoms with Crippen LogP contribution in [0.1, 0.15) is 12.5 Å². The molecule has 19 heavy (non-hydrogen) atoms. The van der Waals surface area contributed by atoms with Gasteiger partial charge in [-0.05, 0) is 41.5 Å². The number of benzene rings is 2. The second-order valence-electron chi connectivity index (χ2n) is 4.38. The number of carbonyl (C=O) groups is 1.